The molecule has 0 amide bonds. The molecular formula is C5H9FO3. The first-order chi connectivity index (χ1) is 4.04. The highest BCUT2D eigenvalue weighted by atomic mass is 19.1. The zero-order chi connectivity index (χ0) is 7.44. The summed E-state index contributed by atoms with van der Waals surface area (Å²) < 4.78 is 16.1. The highest BCUT2D eigenvalue weighted by Crippen LogP contribution is 2.01. The molecule has 1 N–H and O–H groups in total. The predicted octanol–water partition coefficient (Wildman–Crippen LogP) is 1.43. The van der Waals surface area contributed by atoms with E-state index in [1.807, 2.05) is 0 Å². The van der Waals surface area contributed by atoms with Crippen LogP contribution in [-0.2, 0) is 4.74 Å². The smallest absolute Gasteiger partial charge is 0.450 e. The van der Waals surface area contributed by atoms with Crippen LogP contribution in [0.15, 0.2) is 0 Å². The maximum Gasteiger partial charge on any atom is 0.506 e. The van der Waals surface area contributed by atoms with Gasteiger partial charge in [0.1, 0.15) is 12.3 Å². The number of carboxylic acid groups (broad SMARTS) is 1. The second kappa shape index (κ2) is 3.27. The van der Waals surface area contributed by atoms with E-state index in [1.54, 1.807) is 0 Å². The molecule has 0 aliphatic carbocycles. The molecule has 0 aromatic heterocycles. The molecule has 4 heteroatoms. The monoisotopic (exact) mass is 136 g/mol. The van der Waals surface area contributed by atoms with Crippen LogP contribution in [0.3, 0.4) is 0 Å². The summed E-state index contributed by atoms with van der Waals surface area (Å²) in [4.78, 5) is 9.73. The van der Waals surface area contributed by atoms with Gasteiger partial charge >= 0.3 is 6.16 Å². The van der Waals surface area contributed by atoms with E-state index >= 15 is 0 Å². The van der Waals surface area contributed by atoms with Crippen LogP contribution in [-0.4, -0.2) is 23.5 Å². The Labute approximate surface area is 52.4 Å². The number of alkyl halides is 1. The molecule has 2 atom stereocenters. The van der Waals surface area contributed by atoms with Crippen molar-refractivity contribution in [1.29, 1.82) is 0 Å². The fourth-order valence-corrected chi connectivity index (χ4v) is 0.253. The molecule has 0 aromatic carbocycles. The average Bonchev–Trinajstić information content (AvgIpc) is 1.63. The largest absolute Gasteiger partial charge is 0.506 e. The Balaban J connectivity index is 3.50. The molecule has 0 saturated carbocycles. The molecule has 0 saturated heterocycles. The van der Waals surface area contributed by atoms with E-state index < -0.39 is 18.4 Å². The van der Waals surface area contributed by atoms with Crippen LogP contribution >= 0.6 is 0 Å². The van der Waals surface area contributed by atoms with Gasteiger partial charge in [-0.1, -0.05) is 0 Å². The molecule has 0 radical (unpaired) electrons. The van der Waals surface area contributed by atoms with Crippen LogP contribution in [0.5, 0.6) is 0 Å². The van der Waals surface area contributed by atoms with E-state index in [4.69, 9.17) is 5.11 Å². The van der Waals surface area contributed by atoms with Gasteiger partial charge in [0.15, 0.2) is 0 Å². The molecule has 2 unspecified atom stereocenters. The number of halogens is 1. The first kappa shape index (κ1) is 8.20. The minimum absolute atomic E-state index is 0.873. The van der Waals surface area contributed by atoms with E-state index in [9.17, 15) is 9.18 Å². The summed E-state index contributed by atoms with van der Waals surface area (Å²) in [5.74, 6) is 0. The van der Waals surface area contributed by atoms with Crippen LogP contribution in [0, 0.1) is 0 Å². The topological polar surface area (TPSA) is 46.5 Å². The maximum atomic E-state index is 12.1. The second-order valence-corrected chi connectivity index (χ2v) is 1.77. The van der Waals surface area contributed by atoms with Crippen LogP contribution < -0.4 is 0 Å². The fraction of sp³-hybridized carbons (Fsp3) is 0.800. The number of hydrogen-bond donors (Lipinski definition) is 1. The lowest BCUT2D eigenvalue weighted by Crippen LogP contribution is -2.21. The van der Waals surface area contributed by atoms with Crippen molar-refractivity contribution in [2.45, 2.75) is 26.1 Å². The first-order valence-corrected chi connectivity index (χ1v) is 2.57. The van der Waals surface area contributed by atoms with E-state index in [2.05, 4.69) is 4.74 Å². The molecule has 0 rings (SSSR count). The van der Waals surface area contributed by atoms with E-state index in [-0.39, 0.29) is 0 Å². The number of ether oxygens (including phenoxy) is 1. The maximum absolute atomic E-state index is 12.1. The highest BCUT2D eigenvalue weighted by Gasteiger charge is 2.13. The fourth-order valence-electron chi connectivity index (χ4n) is 0.253. The normalized spacial score (nSPS) is 16.3. The molecule has 0 bridgehead atoms. The predicted molar refractivity (Wildman–Crippen MR) is 29.1 cm³/mol. The quantitative estimate of drug-likeness (QED) is 0.584. The van der Waals surface area contributed by atoms with Gasteiger partial charge in [0.25, 0.3) is 0 Å². The molecular weight excluding hydrogens is 127 g/mol. The lowest BCUT2D eigenvalue weighted by atomic mass is 10.3. The Morgan fingerprint density at radius 1 is 1.67 bits per heavy atom. The molecule has 0 aliphatic heterocycles. The van der Waals surface area contributed by atoms with Gasteiger partial charge in [-0.2, -0.15) is 0 Å². The van der Waals surface area contributed by atoms with Crippen molar-refractivity contribution in [3.8, 4) is 0 Å². The summed E-state index contributed by atoms with van der Waals surface area (Å²) in [6.07, 6.45) is -3.56. The third kappa shape index (κ3) is 3.76. The van der Waals surface area contributed by atoms with Crippen molar-refractivity contribution in [3.63, 3.8) is 0 Å². The second-order valence-electron chi connectivity index (χ2n) is 1.77. The van der Waals surface area contributed by atoms with Crippen molar-refractivity contribution in [1.82, 2.24) is 0 Å². The Kier molecular flexibility index (Phi) is 2.98. The lowest BCUT2D eigenvalue weighted by molar-refractivity contribution is 0.0268. The number of rotatable bonds is 2. The molecule has 54 valence electrons. The Morgan fingerprint density at radius 3 is 2.22 bits per heavy atom. The summed E-state index contributed by atoms with van der Waals surface area (Å²) in [7, 11) is 0. The van der Waals surface area contributed by atoms with Crippen molar-refractivity contribution in [2.75, 3.05) is 0 Å². The number of hydrogen-bond acceptors (Lipinski definition) is 2. The standard InChI is InChI=1S/C5H9FO3/c1-3(6)4(2)9-5(7)8/h3-4H,1-2H3,(H,7,8). The Hall–Kier alpha value is -0.800. The van der Waals surface area contributed by atoms with Crippen molar-refractivity contribution < 1.29 is 19.0 Å². The SMILES string of the molecule is CC(F)C(C)OC(=O)O. The van der Waals surface area contributed by atoms with Gasteiger partial charge in [0.05, 0.1) is 0 Å². The average molecular weight is 136 g/mol. The van der Waals surface area contributed by atoms with Crippen LogP contribution in [0.1, 0.15) is 13.8 Å². The van der Waals surface area contributed by atoms with Gasteiger partial charge in [0, 0.05) is 0 Å². The van der Waals surface area contributed by atoms with Gasteiger partial charge in [-0.3, -0.25) is 0 Å². The zero-order valence-corrected chi connectivity index (χ0v) is 5.30. The highest BCUT2D eigenvalue weighted by molar-refractivity contribution is 5.57. The third-order valence-corrected chi connectivity index (χ3v) is 0.934. The van der Waals surface area contributed by atoms with E-state index in [0.717, 1.165) is 0 Å². The zero-order valence-electron chi connectivity index (χ0n) is 5.30. The van der Waals surface area contributed by atoms with Crippen molar-refractivity contribution in [2.24, 2.45) is 0 Å². The van der Waals surface area contributed by atoms with Crippen LogP contribution in [0.4, 0.5) is 9.18 Å². The molecule has 3 nitrogen and oxygen atoms in total. The van der Waals surface area contributed by atoms with Crippen molar-refractivity contribution in [3.05, 3.63) is 0 Å². The molecule has 9 heavy (non-hydrogen) atoms. The first-order valence-electron chi connectivity index (χ1n) is 2.57. The minimum Gasteiger partial charge on any atom is -0.450 e. The van der Waals surface area contributed by atoms with Crippen LogP contribution in [0.2, 0.25) is 0 Å². The summed E-state index contributed by atoms with van der Waals surface area (Å²) >= 11 is 0. The molecule has 0 aliphatic rings. The van der Waals surface area contributed by atoms with Gasteiger partial charge in [-0.25, -0.2) is 9.18 Å². The molecule has 0 fully saturated rings. The number of carbonyl (C=O) groups is 1. The minimum atomic E-state index is -1.44. The summed E-state index contributed by atoms with van der Waals surface area (Å²) in [5, 5.41) is 7.94. The van der Waals surface area contributed by atoms with Gasteiger partial charge in [-0.05, 0) is 13.8 Å². The summed E-state index contributed by atoms with van der Waals surface area (Å²) in [5.41, 5.74) is 0. The molecule has 0 aromatic rings. The molecule has 0 spiro atoms. The van der Waals surface area contributed by atoms with Crippen LogP contribution in [0.25, 0.3) is 0 Å². The Morgan fingerprint density at radius 2 is 2.11 bits per heavy atom. The summed E-state index contributed by atoms with van der Waals surface area (Å²) in [6, 6.07) is 0. The van der Waals surface area contributed by atoms with Gasteiger partial charge < -0.3 is 9.84 Å². The summed E-state index contributed by atoms with van der Waals surface area (Å²) in [6.45, 7) is 2.60. The molecule has 0 heterocycles. The lowest BCUT2D eigenvalue weighted by Gasteiger charge is -2.09. The third-order valence-electron chi connectivity index (χ3n) is 0.934. The van der Waals surface area contributed by atoms with Crippen molar-refractivity contribution >= 4 is 6.16 Å². The van der Waals surface area contributed by atoms with E-state index in [1.165, 1.54) is 13.8 Å². The van der Waals surface area contributed by atoms with Gasteiger partial charge in [0.2, 0.25) is 0 Å². The van der Waals surface area contributed by atoms with E-state index in [0.29, 0.717) is 0 Å². The Bertz CT molecular complexity index is 102. The van der Waals surface area contributed by atoms with Gasteiger partial charge in [-0.15, -0.1) is 0 Å².